The predicted molar refractivity (Wildman–Crippen MR) is 115 cm³/mol. The Bertz CT molecular complexity index is 795. The highest BCUT2D eigenvalue weighted by Gasteiger charge is 2.43. The van der Waals surface area contributed by atoms with E-state index in [1.54, 1.807) is 11.8 Å². The maximum Gasteiger partial charge on any atom is 0.336 e. The fraction of sp³-hybridized carbons (Fsp3) is 0.522. The monoisotopic (exact) mass is 399 g/mol. The number of hydrogen-bond acceptors (Lipinski definition) is 5. The van der Waals surface area contributed by atoms with Crippen molar-refractivity contribution in [1.29, 1.82) is 0 Å². The molecule has 0 aromatic heterocycles. The topological polar surface area (TPSA) is 55.7 Å². The number of aliphatic imine (C=N–C) groups is 1. The number of fused-ring (bicyclic) bond motifs is 1. The Kier molecular flexibility index (Phi) is 7.11. The third-order valence-electron chi connectivity index (χ3n) is 5.54. The van der Waals surface area contributed by atoms with Crippen LogP contribution < -0.4 is 0 Å². The van der Waals surface area contributed by atoms with Crippen LogP contribution >= 0.6 is 11.8 Å². The van der Waals surface area contributed by atoms with Gasteiger partial charge in [0, 0.05) is 29.5 Å². The van der Waals surface area contributed by atoms with Crippen molar-refractivity contribution in [2.45, 2.75) is 52.4 Å². The van der Waals surface area contributed by atoms with Gasteiger partial charge in [0.1, 0.15) is 12.4 Å². The molecule has 1 aliphatic carbocycles. The Hall–Kier alpha value is -1.88. The maximum atomic E-state index is 13.0. The summed E-state index contributed by atoms with van der Waals surface area (Å²) < 4.78 is 5.57. The maximum absolute atomic E-state index is 13.0. The van der Waals surface area contributed by atoms with Gasteiger partial charge in [-0.2, -0.15) is 11.8 Å². The minimum Gasteiger partial charge on any atom is -0.461 e. The third-order valence-corrected chi connectivity index (χ3v) is 6.40. The molecule has 0 bridgehead atoms. The smallest absolute Gasteiger partial charge is 0.336 e. The lowest BCUT2D eigenvalue weighted by atomic mass is 9.69. The number of rotatable bonds is 7. The number of hydrogen-bond donors (Lipinski definition) is 0. The number of esters is 1. The van der Waals surface area contributed by atoms with Crippen molar-refractivity contribution in [2.24, 2.45) is 10.9 Å². The summed E-state index contributed by atoms with van der Waals surface area (Å²) in [6.45, 7) is 6.45. The third kappa shape index (κ3) is 4.40. The van der Waals surface area contributed by atoms with Crippen LogP contribution in [0.1, 0.15) is 57.1 Å². The molecular formula is C23H29NO3S. The number of benzene rings is 1. The van der Waals surface area contributed by atoms with Crippen LogP contribution in [0, 0.1) is 5.92 Å². The largest absolute Gasteiger partial charge is 0.461 e. The van der Waals surface area contributed by atoms with Gasteiger partial charge >= 0.3 is 5.97 Å². The van der Waals surface area contributed by atoms with Crippen LogP contribution in [0.15, 0.2) is 40.5 Å². The minimum atomic E-state index is -0.336. The van der Waals surface area contributed by atoms with E-state index in [1.165, 1.54) is 5.56 Å². The molecule has 150 valence electrons. The van der Waals surface area contributed by atoms with Crippen LogP contribution in [0.3, 0.4) is 0 Å². The highest BCUT2D eigenvalue weighted by atomic mass is 32.2. The molecular weight excluding hydrogens is 370 g/mol. The molecule has 0 spiro atoms. The number of Topliss-reactive ketones (excluding diaryl/α,β-unsaturated/α-hetero) is 1. The first kappa shape index (κ1) is 20.8. The van der Waals surface area contributed by atoms with Gasteiger partial charge in [-0.25, -0.2) is 4.79 Å². The van der Waals surface area contributed by atoms with Gasteiger partial charge in [0.2, 0.25) is 0 Å². The molecule has 1 aliphatic heterocycles. The van der Waals surface area contributed by atoms with Crippen molar-refractivity contribution in [1.82, 2.24) is 0 Å². The quantitative estimate of drug-likeness (QED) is 0.491. The molecule has 5 heteroatoms. The van der Waals surface area contributed by atoms with Crippen LogP contribution in [0.4, 0.5) is 0 Å². The van der Waals surface area contributed by atoms with E-state index in [0.29, 0.717) is 24.3 Å². The summed E-state index contributed by atoms with van der Waals surface area (Å²) in [7, 11) is 0. The van der Waals surface area contributed by atoms with E-state index in [-0.39, 0.29) is 23.6 Å². The molecule has 1 aromatic rings. The highest BCUT2D eigenvalue weighted by molar-refractivity contribution is 7.99. The van der Waals surface area contributed by atoms with Crippen LogP contribution in [0.25, 0.3) is 0 Å². The van der Waals surface area contributed by atoms with E-state index >= 15 is 0 Å². The normalized spacial score (nSPS) is 22.0. The number of thioether (sulfide) groups is 1. The Morgan fingerprint density at radius 1 is 1.18 bits per heavy atom. The molecule has 2 aliphatic rings. The number of ketones is 1. The van der Waals surface area contributed by atoms with Crippen LogP contribution in [0.5, 0.6) is 0 Å². The number of aryl methyl sites for hydroxylation is 1. The summed E-state index contributed by atoms with van der Waals surface area (Å²) >= 11 is 1.74. The zero-order valence-electron chi connectivity index (χ0n) is 17.0. The molecule has 0 N–H and O–H groups in total. The average molecular weight is 400 g/mol. The van der Waals surface area contributed by atoms with Crippen LogP contribution in [-0.2, 0) is 20.7 Å². The lowest BCUT2D eigenvalue weighted by Crippen LogP contribution is -2.39. The van der Waals surface area contributed by atoms with Crippen molar-refractivity contribution < 1.29 is 14.3 Å². The molecule has 1 unspecified atom stereocenters. The number of allylic oxidation sites excluding steroid dienone is 1. The Balaban J connectivity index is 1.97. The SMILES string of the molecule is CCSCCOC(=O)C1=C(C)N=C2CCCC(=O)C2[C@H]1c1ccc(CC)cc1. The zero-order valence-corrected chi connectivity index (χ0v) is 17.8. The van der Waals surface area contributed by atoms with Gasteiger partial charge in [0.15, 0.2) is 0 Å². The molecule has 2 atom stereocenters. The average Bonchev–Trinajstić information content (AvgIpc) is 2.70. The first-order valence-corrected chi connectivity index (χ1v) is 11.4. The van der Waals surface area contributed by atoms with Gasteiger partial charge in [-0.1, -0.05) is 38.1 Å². The van der Waals surface area contributed by atoms with Gasteiger partial charge in [-0.05, 0) is 43.1 Å². The van der Waals surface area contributed by atoms with Crippen molar-refractivity contribution >= 4 is 29.2 Å². The van der Waals surface area contributed by atoms with E-state index in [2.05, 4.69) is 43.1 Å². The van der Waals surface area contributed by atoms with Crippen molar-refractivity contribution in [3.63, 3.8) is 0 Å². The number of nitrogens with zero attached hydrogens (tertiary/aromatic N) is 1. The summed E-state index contributed by atoms with van der Waals surface area (Å²) in [4.78, 5) is 30.5. The first-order valence-electron chi connectivity index (χ1n) is 10.2. The van der Waals surface area contributed by atoms with Crippen LogP contribution in [-0.4, -0.2) is 35.6 Å². The minimum absolute atomic E-state index is 0.189. The lowest BCUT2D eigenvalue weighted by molar-refractivity contribution is -0.139. The molecule has 0 amide bonds. The molecule has 1 aromatic carbocycles. The first-order chi connectivity index (χ1) is 13.6. The second kappa shape index (κ2) is 9.55. The molecule has 3 rings (SSSR count). The molecule has 1 heterocycles. The van der Waals surface area contributed by atoms with Gasteiger partial charge in [-0.3, -0.25) is 9.79 Å². The molecule has 28 heavy (non-hydrogen) atoms. The van der Waals surface area contributed by atoms with Crippen molar-refractivity contribution in [3.8, 4) is 0 Å². The fourth-order valence-corrected chi connectivity index (χ4v) is 4.61. The Morgan fingerprint density at radius 2 is 1.93 bits per heavy atom. The second-order valence-corrected chi connectivity index (χ2v) is 8.70. The predicted octanol–water partition coefficient (Wildman–Crippen LogP) is 4.73. The number of carbonyl (C=O) groups is 2. The molecule has 1 fully saturated rings. The number of carbonyl (C=O) groups excluding carboxylic acids is 2. The fourth-order valence-electron chi connectivity index (χ4n) is 4.12. The summed E-state index contributed by atoms with van der Waals surface area (Å²) in [6, 6.07) is 8.29. The van der Waals surface area contributed by atoms with Gasteiger partial charge in [-0.15, -0.1) is 0 Å². The van der Waals surface area contributed by atoms with Gasteiger partial charge in [0.25, 0.3) is 0 Å². The summed E-state index contributed by atoms with van der Waals surface area (Å²) in [5.74, 6) is 1.00. The molecule has 0 saturated heterocycles. The molecule has 0 radical (unpaired) electrons. The Labute approximate surface area is 171 Å². The lowest BCUT2D eigenvalue weighted by Gasteiger charge is -2.35. The molecule has 1 saturated carbocycles. The van der Waals surface area contributed by atoms with E-state index in [1.807, 2.05) is 6.92 Å². The van der Waals surface area contributed by atoms with E-state index < -0.39 is 0 Å². The number of ether oxygens (including phenoxy) is 1. The van der Waals surface area contributed by atoms with Gasteiger partial charge in [0.05, 0.1) is 11.5 Å². The van der Waals surface area contributed by atoms with Gasteiger partial charge < -0.3 is 4.74 Å². The standard InChI is InChI=1S/C23H29NO3S/c1-4-16-9-11-17(12-10-16)21-20(23(26)27-13-14-28-5-2)15(3)24-18-7-6-8-19(25)22(18)21/h9-12,21-22H,4-8,13-14H2,1-3H3/t21-,22?/m0/s1. The van der Waals surface area contributed by atoms with Crippen LogP contribution in [0.2, 0.25) is 0 Å². The highest BCUT2D eigenvalue weighted by Crippen LogP contribution is 2.43. The van der Waals surface area contributed by atoms with E-state index in [9.17, 15) is 9.59 Å². The van der Waals surface area contributed by atoms with Crippen molar-refractivity contribution in [2.75, 3.05) is 18.1 Å². The second-order valence-electron chi connectivity index (χ2n) is 7.31. The zero-order chi connectivity index (χ0) is 20.1. The summed E-state index contributed by atoms with van der Waals surface area (Å²) in [5, 5.41) is 0. The van der Waals surface area contributed by atoms with E-state index in [0.717, 1.165) is 42.0 Å². The van der Waals surface area contributed by atoms with Crippen molar-refractivity contribution in [3.05, 3.63) is 46.7 Å². The van der Waals surface area contributed by atoms with E-state index in [4.69, 9.17) is 4.74 Å². The summed E-state index contributed by atoms with van der Waals surface area (Å²) in [5.41, 5.74) is 4.41. The summed E-state index contributed by atoms with van der Waals surface area (Å²) in [6.07, 6.45) is 3.18. The molecule has 4 nitrogen and oxygen atoms in total. The Morgan fingerprint density at radius 3 is 2.61 bits per heavy atom.